The molecular formula is C18H14ClNO5S2. The number of fused-ring (bicyclic) bond motifs is 1. The molecule has 9 heteroatoms. The number of carbonyl (C=O) groups is 2. The molecular weight excluding hydrogens is 410 g/mol. The average Bonchev–Trinajstić information content (AvgIpc) is 2.86. The minimum Gasteiger partial charge on any atom is -0.481 e. The molecule has 0 atom stereocenters. The molecule has 0 unspecified atom stereocenters. The molecule has 0 aliphatic carbocycles. The number of carboxylic acids is 1. The van der Waals surface area contributed by atoms with Crippen LogP contribution in [0.1, 0.15) is 24.0 Å². The monoisotopic (exact) mass is 423 g/mol. The highest BCUT2D eigenvalue weighted by atomic mass is 35.5. The molecule has 0 saturated carbocycles. The van der Waals surface area contributed by atoms with E-state index in [1.165, 1.54) is 17.2 Å². The number of hydrogen-bond acceptors (Lipinski definition) is 6. The van der Waals surface area contributed by atoms with Gasteiger partial charge in [-0.05, 0) is 37.1 Å². The number of aryl methyl sites for hydroxylation is 1. The number of amides is 1. The fraction of sp³-hybridized carbons (Fsp3) is 0.222. The van der Waals surface area contributed by atoms with Crippen LogP contribution in [-0.2, 0) is 9.59 Å². The van der Waals surface area contributed by atoms with Crippen LogP contribution in [0.3, 0.4) is 0 Å². The predicted molar refractivity (Wildman–Crippen MR) is 109 cm³/mol. The Hall–Kier alpha value is -2.16. The Bertz CT molecular complexity index is 1060. The van der Waals surface area contributed by atoms with Crippen molar-refractivity contribution in [2.75, 3.05) is 6.54 Å². The van der Waals surface area contributed by atoms with Crippen LogP contribution in [0, 0.1) is 6.92 Å². The summed E-state index contributed by atoms with van der Waals surface area (Å²) in [6, 6.07) is 3.23. The summed E-state index contributed by atoms with van der Waals surface area (Å²) in [7, 11) is 0. The summed E-state index contributed by atoms with van der Waals surface area (Å²) in [6.07, 6.45) is 2.99. The Morgan fingerprint density at radius 3 is 2.85 bits per heavy atom. The van der Waals surface area contributed by atoms with E-state index in [1.807, 2.05) is 6.92 Å². The van der Waals surface area contributed by atoms with Crippen molar-refractivity contribution in [1.82, 2.24) is 4.90 Å². The third-order valence-electron chi connectivity index (χ3n) is 4.01. The Labute approximate surface area is 168 Å². The largest absolute Gasteiger partial charge is 0.481 e. The van der Waals surface area contributed by atoms with Gasteiger partial charge in [0, 0.05) is 18.0 Å². The summed E-state index contributed by atoms with van der Waals surface area (Å²) in [5, 5.41) is 9.50. The number of nitrogens with zero attached hydrogens (tertiary/aromatic N) is 1. The van der Waals surface area contributed by atoms with Crippen LogP contribution in [-0.4, -0.2) is 32.7 Å². The Balaban J connectivity index is 1.90. The zero-order valence-corrected chi connectivity index (χ0v) is 16.5. The number of hydrogen-bond donors (Lipinski definition) is 1. The molecule has 1 N–H and O–H groups in total. The number of carboxylic acid groups (broad SMARTS) is 1. The van der Waals surface area contributed by atoms with E-state index >= 15 is 0 Å². The topological polar surface area (TPSA) is 87.8 Å². The molecule has 1 saturated heterocycles. The lowest BCUT2D eigenvalue weighted by Gasteiger charge is -2.13. The molecule has 1 aliphatic rings. The second kappa shape index (κ2) is 7.84. The summed E-state index contributed by atoms with van der Waals surface area (Å²) in [5.41, 5.74) is 1.13. The van der Waals surface area contributed by atoms with Crippen LogP contribution in [0.5, 0.6) is 0 Å². The normalized spacial score (nSPS) is 15.9. The molecule has 2 aromatic rings. The summed E-state index contributed by atoms with van der Waals surface area (Å²) in [5.74, 6) is -1.28. The number of rotatable bonds is 5. The first kappa shape index (κ1) is 19.6. The molecule has 0 bridgehead atoms. The molecule has 1 amide bonds. The molecule has 1 aromatic heterocycles. The van der Waals surface area contributed by atoms with Crippen LogP contribution in [0.15, 0.2) is 32.5 Å². The highest BCUT2D eigenvalue weighted by Gasteiger charge is 2.32. The van der Waals surface area contributed by atoms with Crippen molar-refractivity contribution in [1.29, 1.82) is 0 Å². The van der Waals surface area contributed by atoms with Crippen LogP contribution in [0.4, 0.5) is 0 Å². The zero-order chi connectivity index (χ0) is 19.7. The van der Waals surface area contributed by atoms with Gasteiger partial charge in [-0.3, -0.25) is 19.3 Å². The second-order valence-corrected chi connectivity index (χ2v) is 8.03. The van der Waals surface area contributed by atoms with E-state index in [1.54, 1.807) is 12.1 Å². The molecule has 1 aromatic carbocycles. The van der Waals surface area contributed by atoms with Gasteiger partial charge in [-0.25, -0.2) is 0 Å². The molecule has 1 fully saturated rings. The van der Waals surface area contributed by atoms with Crippen molar-refractivity contribution < 1.29 is 19.1 Å². The summed E-state index contributed by atoms with van der Waals surface area (Å²) in [6.45, 7) is 2.03. The second-order valence-electron chi connectivity index (χ2n) is 5.95. The third-order valence-corrected chi connectivity index (χ3v) is 5.80. The van der Waals surface area contributed by atoms with Gasteiger partial charge in [0.2, 0.25) is 0 Å². The van der Waals surface area contributed by atoms with Gasteiger partial charge in [0.1, 0.15) is 16.2 Å². The predicted octanol–water partition coefficient (Wildman–Crippen LogP) is 3.82. The Morgan fingerprint density at radius 2 is 2.15 bits per heavy atom. The van der Waals surface area contributed by atoms with Gasteiger partial charge in [-0.2, -0.15) is 0 Å². The molecule has 140 valence electrons. The standard InChI is InChI=1S/C18H14ClNO5S2/c1-9-5-13-11(7-12(9)19)16(23)10(8-25-13)6-14-17(24)20(18(26)27-14)4-2-3-15(21)22/h5-8H,2-4H2,1H3,(H,21,22)/b14-6-. The number of benzene rings is 1. The van der Waals surface area contributed by atoms with Gasteiger partial charge in [-0.1, -0.05) is 35.6 Å². The molecule has 6 nitrogen and oxygen atoms in total. The van der Waals surface area contributed by atoms with E-state index in [0.29, 0.717) is 31.6 Å². The first-order valence-electron chi connectivity index (χ1n) is 7.96. The summed E-state index contributed by atoms with van der Waals surface area (Å²) >= 11 is 12.4. The van der Waals surface area contributed by atoms with Crippen molar-refractivity contribution in [3.63, 3.8) is 0 Å². The van der Waals surface area contributed by atoms with Crippen LogP contribution < -0.4 is 5.43 Å². The van der Waals surface area contributed by atoms with E-state index in [2.05, 4.69) is 0 Å². The van der Waals surface area contributed by atoms with E-state index in [4.69, 9.17) is 33.3 Å². The number of aliphatic carboxylic acids is 1. The van der Waals surface area contributed by atoms with Crippen LogP contribution >= 0.6 is 35.6 Å². The van der Waals surface area contributed by atoms with Crippen molar-refractivity contribution in [2.24, 2.45) is 0 Å². The van der Waals surface area contributed by atoms with Crippen molar-refractivity contribution >= 4 is 68.8 Å². The minimum absolute atomic E-state index is 0.0510. The van der Waals surface area contributed by atoms with E-state index in [9.17, 15) is 14.4 Å². The number of halogens is 1. The van der Waals surface area contributed by atoms with Crippen molar-refractivity contribution in [2.45, 2.75) is 19.8 Å². The van der Waals surface area contributed by atoms with Crippen molar-refractivity contribution in [3.8, 4) is 0 Å². The molecule has 27 heavy (non-hydrogen) atoms. The molecule has 0 spiro atoms. The van der Waals surface area contributed by atoms with Gasteiger partial charge in [-0.15, -0.1) is 0 Å². The highest BCUT2D eigenvalue weighted by molar-refractivity contribution is 8.26. The molecule has 3 rings (SSSR count). The first-order chi connectivity index (χ1) is 12.8. The quantitative estimate of drug-likeness (QED) is 0.577. The SMILES string of the molecule is Cc1cc2occ(/C=C3\SC(=S)N(CCCC(=O)O)C3=O)c(=O)c2cc1Cl. The molecule has 0 radical (unpaired) electrons. The highest BCUT2D eigenvalue weighted by Crippen LogP contribution is 2.32. The lowest BCUT2D eigenvalue weighted by Crippen LogP contribution is -2.29. The maximum atomic E-state index is 12.7. The van der Waals surface area contributed by atoms with Gasteiger partial charge >= 0.3 is 5.97 Å². The smallest absolute Gasteiger partial charge is 0.303 e. The Kier molecular flexibility index (Phi) is 5.69. The Morgan fingerprint density at radius 1 is 1.41 bits per heavy atom. The fourth-order valence-electron chi connectivity index (χ4n) is 2.59. The van der Waals surface area contributed by atoms with Gasteiger partial charge < -0.3 is 9.52 Å². The average molecular weight is 424 g/mol. The lowest BCUT2D eigenvalue weighted by molar-refractivity contribution is -0.137. The maximum absolute atomic E-state index is 12.7. The first-order valence-corrected chi connectivity index (χ1v) is 9.57. The third kappa shape index (κ3) is 4.07. The van der Waals surface area contributed by atoms with Crippen LogP contribution in [0.25, 0.3) is 17.0 Å². The van der Waals surface area contributed by atoms with Gasteiger partial charge in [0.15, 0.2) is 5.43 Å². The lowest BCUT2D eigenvalue weighted by atomic mass is 10.1. The van der Waals surface area contributed by atoms with Crippen molar-refractivity contribution in [3.05, 3.63) is 49.7 Å². The summed E-state index contributed by atoms with van der Waals surface area (Å²) < 4.78 is 5.85. The zero-order valence-electron chi connectivity index (χ0n) is 14.2. The molecule has 2 heterocycles. The van der Waals surface area contributed by atoms with E-state index in [-0.39, 0.29) is 29.9 Å². The van der Waals surface area contributed by atoms with Gasteiger partial charge in [0.25, 0.3) is 5.91 Å². The maximum Gasteiger partial charge on any atom is 0.303 e. The van der Waals surface area contributed by atoms with Gasteiger partial charge in [0.05, 0.1) is 15.9 Å². The van der Waals surface area contributed by atoms with E-state index in [0.717, 1.165) is 17.3 Å². The van der Waals surface area contributed by atoms with Crippen LogP contribution in [0.2, 0.25) is 5.02 Å². The fourth-order valence-corrected chi connectivity index (χ4v) is 4.05. The minimum atomic E-state index is -0.932. The number of thiocarbonyl (C=S) groups is 1. The number of thioether (sulfide) groups is 1. The number of carbonyl (C=O) groups excluding carboxylic acids is 1. The molecule has 1 aliphatic heterocycles. The van der Waals surface area contributed by atoms with E-state index < -0.39 is 5.97 Å². The summed E-state index contributed by atoms with van der Waals surface area (Å²) in [4.78, 5) is 37.5.